The van der Waals surface area contributed by atoms with Crippen molar-refractivity contribution < 1.29 is 18.4 Å². The molecule has 23 heavy (non-hydrogen) atoms. The maximum atomic E-state index is 13.7. The van der Waals surface area contributed by atoms with Gasteiger partial charge in [-0.15, -0.1) is 0 Å². The number of aromatic nitrogens is 2. The van der Waals surface area contributed by atoms with Crippen molar-refractivity contribution in [2.75, 3.05) is 19.6 Å². The number of hydrogen-bond acceptors (Lipinski definition) is 5. The second-order valence-electron chi connectivity index (χ2n) is 5.96. The third kappa shape index (κ3) is 3.73. The van der Waals surface area contributed by atoms with Crippen LogP contribution in [0.5, 0.6) is 0 Å². The summed E-state index contributed by atoms with van der Waals surface area (Å²) in [5.74, 6) is -0.0442. The maximum Gasteiger partial charge on any atom is 0.231 e. The molecule has 0 amide bonds. The SMILES string of the molecule is Cc1noc(C2CCCN(CC(O)c3ccc(F)cc3F)C2)n1. The molecule has 7 heteroatoms. The van der Waals surface area contributed by atoms with Crippen LogP contribution in [0.2, 0.25) is 0 Å². The van der Waals surface area contributed by atoms with E-state index < -0.39 is 17.7 Å². The first-order chi connectivity index (χ1) is 11.0. The van der Waals surface area contributed by atoms with Crippen molar-refractivity contribution in [3.05, 3.63) is 47.1 Å². The number of benzene rings is 1. The first-order valence-corrected chi connectivity index (χ1v) is 7.68. The second kappa shape index (κ2) is 6.72. The molecule has 1 fully saturated rings. The van der Waals surface area contributed by atoms with Crippen molar-refractivity contribution >= 4 is 0 Å². The van der Waals surface area contributed by atoms with E-state index in [4.69, 9.17) is 4.52 Å². The van der Waals surface area contributed by atoms with Crippen molar-refractivity contribution in [1.29, 1.82) is 0 Å². The van der Waals surface area contributed by atoms with Gasteiger partial charge in [-0.25, -0.2) is 8.78 Å². The Morgan fingerprint density at radius 2 is 2.26 bits per heavy atom. The minimum atomic E-state index is -1.00. The number of aliphatic hydroxyl groups is 1. The summed E-state index contributed by atoms with van der Waals surface area (Å²) in [4.78, 5) is 6.30. The minimum absolute atomic E-state index is 0.113. The average Bonchev–Trinajstić information content (AvgIpc) is 2.94. The molecule has 1 aromatic carbocycles. The molecule has 1 aliphatic heterocycles. The third-order valence-electron chi connectivity index (χ3n) is 4.15. The van der Waals surface area contributed by atoms with Gasteiger partial charge in [0, 0.05) is 24.7 Å². The van der Waals surface area contributed by atoms with E-state index in [2.05, 4.69) is 10.1 Å². The van der Waals surface area contributed by atoms with E-state index in [1.54, 1.807) is 6.92 Å². The number of likely N-dealkylation sites (tertiary alicyclic amines) is 1. The monoisotopic (exact) mass is 323 g/mol. The van der Waals surface area contributed by atoms with Crippen molar-refractivity contribution in [2.24, 2.45) is 0 Å². The molecule has 2 unspecified atom stereocenters. The Balaban J connectivity index is 1.65. The Bertz CT molecular complexity index is 677. The minimum Gasteiger partial charge on any atom is -0.387 e. The second-order valence-corrected chi connectivity index (χ2v) is 5.96. The fourth-order valence-corrected chi connectivity index (χ4v) is 3.02. The van der Waals surface area contributed by atoms with Crippen LogP contribution in [0.4, 0.5) is 8.78 Å². The lowest BCUT2D eigenvalue weighted by molar-refractivity contribution is 0.0887. The molecule has 3 rings (SSSR count). The predicted octanol–water partition coefficient (Wildman–Crippen LogP) is 2.57. The molecule has 124 valence electrons. The van der Waals surface area contributed by atoms with Crippen molar-refractivity contribution in [3.63, 3.8) is 0 Å². The molecule has 2 aromatic rings. The molecule has 0 spiro atoms. The Labute approximate surface area is 132 Å². The van der Waals surface area contributed by atoms with Gasteiger partial charge < -0.3 is 9.63 Å². The van der Waals surface area contributed by atoms with Gasteiger partial charge in [-0.1, -0.05) is 11.2 Å². The highest BCUT2D eigenvalue weighted by Crippen LogP contribution is 2.27. The number of hydrogen-bond donors (Lipinski definition) is 1. The van der Waals surface area contributed by atoms with Crippen LogP contribution in [0, 0.1) is 18.6 Å². The van der Waals surface area contributed by atoms with Crippen LogP contribution in [-0.2, 0) is 0 Å². The number of rotatable bonds is 4. The lowest BCUT2D eigenvalue weighted by atomic mass is 9.97. The van der Waals surface area contributed by atoms with E-state index in [0.29, 0.717) is 18.3 Å². The highest BCUT2D eigenvalue weighted by molar-refractivity contribution is 5.21. The average molecular weight is 323 g/mol. The standard InChI is InChI=1S/C16H19F2N3O2/c1-10-19-16(23-20-10)11-3-2-6-21(8-11)9-15(22)13-5-4-12(17)7-14(13)18/h4-5,7,11,15,22H,2-3,6,8-9H2,1H3. The zero-order valence-electron chi connectivity index (χ0n) is 12.9. The third-order valence-corrected chi connectivity index (χ3v) is 4.15. The van der Waals surface area contributed by atoms with Gasteiger partial charge in [0.15, 0.2) is 5.82 Å². The number of piperidine rings is 1. The molecule has 5 nitrogen and oxygen atoms in total. The summed E-state index contributed by atoms with van der Waals surface area (Å²) >= 11 is 0. The van der Waals surface area contributed by atoms with E-state index in [1.807, 2.05) is 4.90 Å². The van der Waals surface area contributed by atoms with Crippen molar-refractivity contribution in [2.45, 2.75) is 31.8 Å². The van der Waals surface area contributed by atoms with E-state index >= 15 is 0 Å². The lowest BCUT2D eigenvalue weighted by Gasteiger charge is -2.32. The summed E-state index contributed by atoms with van der Waals surface area (Å²) in [6.07, 6.45) is 0.878. The van der Waals surface area contributed by atoms with Gasteiger partial charge >= 0.3 is 0 Å². The maximum absolute atomic E-state index is 13.7. The molecule has 1 N–H and O–H groups in total. The number of nitrogens with zero attached hydrogens (tertiary/aromatic N) is 3. The molecule has 0 radical (unpaired) electrons. The van der Waals surface area contributed by atoms with Gasteiger partial charge in [0.1, 0.15) is 11.6 Å². The van der Waals surface area contributed by atoms with Gasteiger partial charge in [0.2, 0.25) is 5.89 Å². The van der Waals surface area contributed by atoms with Crippen LogP contribution in [-0.4, -0.2) is 39.8 Å². The molecule has 0 aliphatic carbocycles. The van der Waals surface area contributed by atoms with Crippen molar-refractivity contribution in [3.8, 4) is 0 Å². The van der Waals surface area contributed by atoms with Crippen LogP contribution in [0.3, 0.4) is 0 Å². The smallest absolute Gasteiger partial charge is 0.231 e. The fourth-order valence-electron chi connectivity index (χ4n) is 3.02. The van der Waals surface area contributed by atoms with Gasteiger partial charge in [-0.3, -0.25) is 4.90 Å². The molecule has 1 saturated heterocycles. The first-order valence-electron chi connectivity index (χ1n) is 7.68. The van der Waals surface area contributed by atoms with E-state index in [-0.39, 0.29) is 18.0 Å². The Kier molecular flexibility index (Phi) is 4.68. The van der Waals surface area contributed by atoms with Crippen LogP contribution in [0.25, 0.3) is 0 Å². The number of aliphatic hydroxyl groups excluding tert-OH is 1. The summed E-state index contributed by atoms with van der Waals surface area (Å²) in [6.45, 7) is 3.53. The summed E-state index contributed by atoms with van der Waals surface area (Å²) < 4.78 is 31.9. The summed E-state index contributed by atoms with van der Waals surface area (Å²) in [5, 5.41) is 14.1. The highest BCUT2D eigenvalue weighted by Gasteiger charge is 2.27. The van der Waals surface area contributed by atoms with Crippen LogP contribution >= 0.6 is 0 Å². The number of aryl methyl sites for hydroxylation is 1. The number of halogens is 2. The quantitative estimate of drug-likeness (QED) is 0.937. The fraction of sp³-hybridized carbons (Fsp3) is 0.500. The van der Waals surface area contributed by atoms with E-state index in [9.17, 15) is 13.9 Å². The van der Waals surface area contributed by atoms with Gasteiger partial charge in [-0.2, -0.15) is 4.98 Å². The van der Waals surface area contributed by atoms with Crippen LogP contribution < -0.4 is 0 Å². The zero-order chi connectivity index (χ0) is 16.4. The van der Waals surface area contributed by atoms with Crippen LogP contribution in [0.15, 0.2) is 22.7 Å². The molecule has 2 atom stereocenters. The highest BCUT2D eigenvalue weighted by atomic mass is 19.1. The number of β-amino-alcohol motifs (C(OH)–C–C–N with tert-alkyl or cyclic N) is 1. The molecule has 2 heterocycles. The molecule has 1 aromatic heterocycles. The molecular formula is C16H19F2N3O2. The van der Waals surface area contributed by atoms with E-state index in [0.717, 1.165) is 31.5 Å². The largest absolute Gasteiger partial charge is 0.387 e. The van der Waals surface area contributed by atoms with Gasteiger partial charge in [0.05, 0.1) is 12.0 Å². The zero-order valence-corrected chi connectivity index (χ0v) is 12.9. The Morgan fingerprint density at radius 1 is 1.43 bits per heavy atom. The molecular weight excluding hydrogens is 304 g/mol. The molecule has 1 aliphatic rings. The van der Waals surface area contributed by atoms with E-state index in [1.165, 1.54) is 6.07 Å². The van der Waals surface area contributed by atoms with Crippen LogP contribution in [0.1, 0.15) is 42.1 Å². The van der Waals surface area contributed by atoms with Gasteiger partial charge in [0.25, 0.3) is 0 Å². The summed E-state index contributed by atoms with van der Waals surface area (Å²) in [6, 6.07) is 3.23. The molecule has 0 saturated carbocycles. The Morgan fingerprint density at radius 3 is 2.96 bits per heavy atom. The summed E-state index contributed by atoms with van der Waals surface area (Å²) in [5.41, 5.74) is 0.113. The summed E-state index contributed by atoms with van der Waals surface area (Å²) in [7, 11) is 0. The lowest BCUT2D eigenvalue weighted by Crippen LogP contribution is -2.37. The van der Waals surface area contributed by atoms with Gasteiger partial charge in [-0.05, 0) is 32.4 Å². The normalized spacial score (nSPS) is 20.6. The Hall–Kier alpha value is -1.86. The molecule has 0 bridgehead atoms. The topological polar surface area (TPSA) is 62.4 Å². The van der Waals surface area contributed by atoms with Crippen molar-refractivity contribution in [1.82, 2.24) is 15.0 Å². The predicted molar refractivity (Wildman–Crippen MR) is 78.8 cm³/mol. The first kappa shape index (κ1) is 16.0.